The van der Waals surface area contributed by atoms with Crippen LogP contribution < -0.4 is 0 Å². The molecule has 0 unspecified atom stereocenters. The Bertz CT molecular complexity index is 25.2. The van der Waals surface area contributed by atoms with Crippen molar-refractivity contribution in [1.82, 2.24) is 0 Å². The molecule has 2 nitrogen and oxygen atoms in total. The van der Waals surface area contributed by atoms with Gasteiger partial charge in [0.2, 0.25) is 0 Å². The molecule has 0 spiro atoms. The van der Waals surface area contributed by atoms with E-state index in [9.17, 15) is 0 Å². The van der Waals surface area contributed by atoms with Gasteiger partial charge in [-0.05, 0) is 0 Å². The van der Waals surface area contributed by atoms with E-state index in [4.69, 9.17) is 0 Å². The van der Waals surface area contributed by atoms with Gasteiger partial charge >= 0.3 is 60.9 Å². The normalized spacial score (nSPS) is 8.57. The van der Waals surface area contributed by atoms with Crippen LogP contribution in [0.2, 0.25) is 0 Å². The fourth-order valence-electron chi connectivity index (χ4n) is 0. The molecule has 0 aliphatic rings. The summed E-state index contributed by atoms with van der Waals surface area (Å²) in [6.07, 6.45) is 0. The fourth-order valence-corrected chi connectivity index (χ4v) is 0. The van der Waals surface area contributed by atoms with Crippen LogP contribution in [0.3, 0.4) is 0 Å². The summed E-state index contributed by atoms with van der Waals surface area (Å²) in [5.41, 5.74) is 0. The molecule has 0 heterocycles. The van der Waals surface area contributed by atoms with Crippen molar-refractivity contribution in [2.24, 2.45) is 0 Å². The van der Waals surface area contributed by atoms with Crippen molar-refractivity contribution in [2.45, 2.75) is 0 Å². The van der Waals surface area contributed by atoms with Gasteiger partial charge < -0.3 is 11.0 Å². The van der Waals surface area contributed by atoms with Crippen LogP contribution in [0, 0.1) is 0 Å². The van der Waals surface area contributed by atoms with E-state index in [1.165, 1.54) is 0 Å². The third kappa shape index (κ3) is 56.3. The molecule has 0 fully saturated rings. The van der Waals surface area contributed by atoms with Crippen molar-refractivity contribution in [2.75, 3.05) is 0 Å². The van der Waals surface area contributed by atoms with Crippen molar-refractivity contribution in [3.05, 3.63) is 0 Å². The van der Waals surface area contributed by atoms with Gasteiger partial charge in [0.1, 0.15) is 0 Å². The standard InChI is InChI=1S/4BrH.2H2O.Ti/h4*1H;2*1H2;/q;;;;;;+4/p-4. The quantitative estimate of drug-likeness (QED) is 0.553. The summed E-state index contributed by atoms with van der Waals surface area (Å²) in [6, 6.07) is 0. The van der Waals surface area contributed by atoms with Crippen LogP contribution in [-0.2, 0) is 8.21 Å². The second kappa shape index (κ2) is 6.67. The molecule has 0 saturated carbocycles. The van der Waals surface area contributed by atoms with Crippen LogP contribution in [0.5, 0.6) is 0 Å². The van der Waals surface area contributed by atoms with E-state index < -0.39 is 8.21 Å². The zero-order valence-corrected chi connectivity index (χ0v) is 10.9. The molecule has 0 aromatic carbocycles. The first-order valence-corrected chi connectivity index (χ1v) is 16.2. The molecule has 0 saturated heterocycles. The topological polar surface area (TPSA) is 63.0 Å². The van der Waals surface area contributed by atoms with Gasteiger partial charge in [0.05, 0.1) is 0 Å². The predicted molar refractivity (Wildman–Crippen MR) is 42.9 cm³/mol. The van der Waals surface area contributed by atoms with Crippen LogP contribution in [-0.4, -0.2) is 11.0 Å². The minimum absolute atomic E-state index is 0. The molecule has 0 aliphatic carbocycles. The Morgan fingerprint density at radius 1 is 0.714 bits per heavy atom. The summed E-state index contributed by atoms with van der Waals surface area (Å²) in [7, 11) is -1.75. The summed E-state index contributed by atoms with van der Waals surface area (Å²) in [5, 5.41) is 0. The summed E-state index contributed by atoms with van der Waals surface area (Å²) in [4.78, 5) is 0. The van der Waals surface area contributed by atoms with E-state index in [0.29, 0.717) is 0 Å². The molecule has 0 amide bonds. The molecule has 0 rings (SSSR count). The van der Waals surface area contributed by atoms with Crippen molar-refractivity contribution in [3.8, 4) is 0 Å². The third-order valence-corrected chi connectivity index (χ3v) is 0. The Hall–Kier alpha value is 2.55. The van der Waals surface area contributed by atoms with E-state index in [1.807, 2.05) is 0 Å². The second-order valence-corrected chi connectivity index (χ2v) is 47.7. The Labute approximate surface area is 70.6 Å². The van der Waals surface area contributed by atoms with Crippen LogP contribution in [0.15, 0.2) is 0 Å². The van der Waals surface area contributed by atoms with Gasteiger partial charge in [0, 0.05) is 0 Å². The van der Waals surface area contributed by atoms with E-state index in [-0.39, 0.29) is 11.0 Å². The first kappa shape index (κ1) is 16.3. The van der Waals surface area contributed by atoms with E-state index >= 15 is 0 Å². The van der Waals surface area contributed by atoms with Gasteiger partial charge in [-0.1, -0.05) is 0 Å². The molecule has 0 radical (unpaired) electrons. The van der Waals surface area contributed by atoms with Gasteiger partial charge in [0.25, 0.3) is 0 Å². The van der Waals surface area contributed by atoms with Gasteiger partial charge in [-0.25, -0.2) is 0 Å². The molecule has 4 N–H and O–H groups in total. The molecule has 0 aromatic rings. The van der Waals surface area contributed by atoms with Gasteiger partial charge in [-0.3, -0.25) is 0 Å². The molecule has 7 heteroatoms. The summed E-state index contributed by atoms with van der Waals surface area (Å²) in [6.45, 7) is 0. The monoisotopic (exact) mass is 400 g/mol. The van der Waals surface area contributed by atoms with Gasteiger partial charge in [0.15, 0.2) is 0 Å². The summed E-state index contributed by atoms with van der Waals surface area (Å²) < 4.78 is 0. The Balaban J connectivity index is -0.0000000800. The SMILES string of the molecule is O.O.[Br][Ti]([Br])([Br])[Br]. The zero-order valence-electron chi connectivity index (χ0n) is 3.01. The molecule has 48 valence electrons. The second-order valence-electron chi connectivity index (χ2n) is 0.429. The maximum atomic E-state index is 3.31. The van der Waals surface area contributed by atoms with Gasteiger partial charge in [-0.15, -0.1) is 0 Å². The number of hydrogen-bond donors (Lipinski definition) is 0. The first-order valence-electron chi connectivity index (χ1n) is 0.756. The van der Waals surface area contributed by atoms with E-state index in [2.05, 4.69) is 52.6 Å². The molecule has 0 aromatic heterocycles. The first-order chi connectivity index (χ1) is 2.00. The van der Waals surface area contributed by atoms with Crippen molar-refractivity contribution < 1.29 is 19.2 Å². The molecular weight excluding hydrogens is 399 g/mol. The minimum atomic E-state index is -1.75. The van der Waals surface area contributed by atoms with Gasteiger partial charge in [-0.2, -0.15) is 0 Å². The molecule has 0 bridgehead atoms. The van der Waals surface area contributed by atoms with Crippen molar-refractivity contribution in [1.29, 1.82) is 0 Å². The zero-order chi connectivity index (χ0) is 4.50. The number of rotatable bonds is 0. The Morgan fingerprint density at radius 2 is 0.714 bits per heavy atom. The Morgan fingerprint density at radius 3 is 0.714 bits per heavy atom. The van der Waals surface area contributed by atoms with Crippen molar-refractivity contribution >= 4 is 52.6 Å². The molecule has 0 aliphatic heterocycles. The predicted octanol–water partition coefficient (Wildman–Crippen LogP) is 1.73. The number of hydrogen-bond acceptors (Lipinski definition) is 0. The molecule has 0 atom stereocenters. The molecule has 7 heavy (non-hydrogen) atoms. The van der Waals surface area contributed by atoms with Crippen LogP contribution in [0.1, 0.15) is 0 Å². The van der Waals surface area contributed by atoms with E-state index in [0.717, 1.165) is 0 Å². The average molecular weight is 404 g/mol. The summed E-state index contributed by atoms with van der Waals surface area (Å²) in [5.74, 6) is 0. The van der Waals surface area contributed by atoms with E-state index in [1.54, 1.807) is 0 Å². The van der Waals surface area contributed by atoms with Crippen LogP contribution in [0.25, 0.3) is 0 Å². The maximum absolute atomic E-state index is 3.31. The summed E-state index contributed by atoms with van der Waals surface area (Å²) >= 11 is 13.2. The van der Waals surface area contributed by atoms with Crippen molar-refractivity contribution in [3.63, 3.8) is 0 Å². The molecular formula is H4Br4O2Ti. The van der Waals surface area contributed by atoms with Crippen LogP contribution in [0.4, 0.5) is 0 Å². The number of halogens is 4. The third-order valence-electron chi connectivity index (χ3n) is 0. The Kier molecular flexibility index (Phi) is 15.5. The fraction of sp³-hybridized carbons (Fsp3) is 0. The average Bonchev–Trinajstić information content (AvgIpc) is 0.722. The van der Waals surface area contributed by atoms with Crippen LogP contribution >= 0.6 is 52.6 Å².